The summed E-state index contributed by atoms with van der Waals surface area (Å²) < 4.78 is 10.4. The van der Waals surface area contributed by atoms with Crippen LogP contribution in [0.25, 0.3) is 21.8 Å². The second-order valence-corrected chi connectivity index (χ2v) is 4.37. The fourth-order valence-electron chi connectivity index (χ4n) is 2.23. The first-order valence-electron chi connectivity index (χ1n) is 6.01. The van der Waals surface area contributed by atoms with Crippen LogP contribution >= 0.6 is 0 Å². The fourth-order valence-corrected chi connectivity index (χ4v) is 2.23. The quantitative estimate of drug-likeness (QED) is 0.659. The molecule has 4 nitrogen and oxygen atoms in total. The highest BCUT2D eigenvalue weighted by molar-refractivity contribution is 5.96. The van der Waals surface area contributed by atoms with E-state index in [1.54, 1.807) is 20.4 Å². The van der Waals surface area contributed by atoms with Crippen LogP contribution in [0.4, 0.5) is 0 Å². The molecular formula is C15H14N2O2. The van der Waals surface area contributed by atoms with Gasteiger partial charge in [0.1, 0.15) is 5.75 Å². The Morgan fingerprint density at radius 2 is 1.84 bits per heavy atom. The highest BCUT2D eigenvalue weighted by Gasteiger charge is 2.07. The molecule has 2 aromatic heterocycles. The molecule has 0 aliphatic heterocycles. The summed E-state index contributed by atoms with van der Waals surface area (Å²) in [5, 5.41) is 2.14. The lowest BCUT2D eigenvalue weighted by atomic mass is 10.1. The molecule has 0 aliphatic rings. The maximum Gasteiger partial charge on any atom is 0.213 e. The van der Waals surface area contributed by atoms with Crippen LogP contribution in [0.5, 0.6) is 11.6 Å². The second-order valence-electron chi connectivity index (χ2n) is 4.37. The van der Waals surface area contributed by atoms with Gasteiger partial charge in [0.25, 0.3) is 0 Å². The van der Waals surface area contributed by atoms with E-state index in [1.807, 2.05) is 25.1 Å². The van der Waals surface area contributed by atoms with Crippen molar-refractivity contribution in [3.8, 4) is 11.6 Å². The van der Waals surface area contributed by atoms with Crippen molar-refractivity contribution in [1.29, 1.82) is 0 Å². The number of benzene rings is 1. The van der Waals surface area contributed by atoms with Crippen LogP contribution in [0, 0.1) is 6.92 Å². The number of nitrogens with zero attached hydrogens (tertiary/aromatic N) is 2. The molecule has 1 aromatic carbocycles. The smallest absolute Gasteiger partial charge is 0.213 e. The molecule has 3 aromatic rings. The van der Waals surface area contributed by atoms with Crippen molar-refractivity contribution in [2.75, 3.05) is 14.2 Å². The Hall–Kier alpha value is -2.36. The van der Waals surface area contributed by atoms with Gasteiger partial charge in [-0.3, -0.25) is 4.98 Å². The van der Waals surface area contributed by atoms with Gasteiger partial charge in [0.2, 0.25) is 5.88 Å². The van der Waals surface area contributed by atoms with Gasteiger partial charge < -0.3 is 9.47 Å². The molecule has 0 bridgehead atoms. The summed E-state index contributed by atoms with van der Waals surface area (Å²) in [5.74, 6) is 1.41. The normalized spacial score (nSPS) is 10.9. The number of ether oxygens (including phenoxy) is 2. The number of hydrogen-bond donors (Lipinski definition) is 0. The molecule has 0 aliphatic carbocycles. The number of pyridine rings is 2. The van der Waals surface area contributed by atoms with Crippen molar-refractivity contribution in [2.24, 2.45) is 0 Å². The van der Waals surface area contributed by atoms with E-state index < -0.39 is 0 Å². The van der Waals surface area contributed by atoms with Crippen molar-refractivity contribution in [3.63, 3.8) is 0 Å². The maximum atomic E-state index is 5.30. The van der Waals surface area contributed by atoms with Crippen LogP contribution < -0.4 is 9.47 Å². The van der Waals surface area contributed by atoms with Gasteiger partial charge in [-0.25, -0.2) is 4.98 Å². The van der Waals surface area contributed by atoms with Crippen LogP contribution in [0.3, 0.4) is 0 Å². The maximum absolute atomic E-state index is 5.30. The van der Waals surface area contributed by atoms with Gasteiger partial charge >= 0.3 is 0 Å². The van der Waals surface area contributed by atoms with Crippen molar-refractivity contribution < 1.29 is 9.47 Å². The Morgan fingerprint density at radius 1 is 1.00 bits per heavy atom. The molecule has 0 radical (unpaired) electrons. The van der Waals surface area contributed by atoms with Gasteiger partial charge in [-0.2, -0.15) is 0 Å². The molecular weight excluding hydrogens is 240 g/mol. The SMILES string of the molecule is COc1ccc2cc3c(C)c(OC)cnc3cc2n1. The van der Waals surface area contributed by atoms with Gasteiger partial charge in [-0.05, 0) is 25.1 Å². The number of fused-ring (bicyclic) bond motifs is 2. The molecule has 4 heteroatoms. The summed E-state index contributed by atoms with van der Waals surface area (Å²) in [7, 11) is 3.27. The number of hydrogen-bond acceptors (Lipinski definition) is 4. The molecule has 19 heavy (non-hydrogen) atoms. The molecule has 0 spiro atoms. The lowest BCUT2D eigenvalue weighted by Gasteiger charge is -2.09. The van der Waals surface area contributed by atoms with E-state index in [9.17, 15) is 0 Å². The minimum absolute atomic E-state index is 0.608. The average Bonchev–Trinajstić information content (AvgIpc) is 2.45. The monoisotopic (exact) mass is 254 g/mol. The first-order chi connectivity index (χ1) is 9.22. The highest BCUT2D eigenvalue weighted by Crippen LogP contribution is 2.28. The fraction of sp³-hybridized carbons (Fsp3) is 0.200. The Balaban J connectivity index is 2.34. The molecule has 2 heterocycles. The number of methoxy groups -OCH3 is 2. The molecule has 0 saturated heterocycles. The van der Waals surface area contributed by atoms with E-state index in [2.05, 4.69) is 16.0 Å². The molecule has 0 unspecified atom stereocenters. The standard InChI is InChI=1S/C15H14N2O2/c1-9-11-6-10-4-5-15(19-3)17-12(10)7-13(11)16-8-14(9)18-2/h4-8H,1-3H3. The molecule has 0 saturated carbocycles. The van der Waals surface area contributed by atoms with Gasteiger partial charge in [0.05, 0.1) is 31.4 Å². The predicted octanol–water partition coefficient (Wildman–Crippen LogP) is 3.11. The molecule has 0 atom stereocenters. The van der Waals surface area contributed by atoms with Crippen molar-refractivity contribution in [3.05, 3.63) is 36.0 Å². The van der Waals surface area contributed by atoms with Crippen LogP contribution in [0.2, 0.25) is 0 Å². The summed E-state index contributed by atoms with van der Waals surface area (Å²) in [6.45, 7) is 2.03. The molecule has 0 amide bonds. The average molecular weight is 254 g/mol. The zero-order valence-corrected chi connectivity index (χ0v) is 11.1. The Morgan fingerprint density at radius 3 is 2.58 bits per heavy atom. The second kappa shape index (κ2) is 4.39. The summed E-state index contributed by atoms with van der Waals surface area (Å²) in [4.78, 5) is 8.84. The van der Waals surface area contributed by atoms with E-state index in [4.69, 9.17) is 9.47 Å². The third kappa shape index (κ3) is 1.85. The van der Waals surface area contributed by atoms with E-state index in [1.165, 1.54) is 0 Å². The third-order valence-corrected chi connectivity index (χ3v) is 3.30. The minimum Gasteiger partial charge on any atom is -0.495 e. The molecule has 96 valence electrons. The van der Waals surface area contributed by atoms with Crippen LogP contribution in [0.1, 0.15) is 5.56 Å². The Labute approximate surface area is 111 Å². The third-order valence-electron chi connectivity index (χ3n) is 3.30. The lowest BCUT2D eigenvalue weighted by molar-refractivity contribution is 0.399. The summed E-state index contributed by atoms with van der Waals surface area (Å²) in [6, 6.07) is 7.91. The number of aryl methyl sites for hydroxylation is 1. The van der Waals surface area contributed by atoms with Crippen LogP contribution in [-0.4, -0.2) is 24.2 Å². The van der Waals surface area contributed by atoms with Gasteiger partial charge in [-0.1, -0.05) is 0 Å². The summed E-state index contributed by atoms with van der Waals surface area (Å²) >= 11 is 0. The lowest BCUT2D eigenvalue weighted by Crippen LogP contribution is -1.92. The number of rotatable bonds is 2. The first kappa shape index (κ1) is 11.7. The van der Waals surface area contributed by atoms with Gasteiger partial charge in [0, 0.05) is 22.4 Å². The molecule has 3 rings (SSSR count). The van der Waals surface area contributed by atoms with E-state index in [0.29, 0.717) is 5.88 Å². The highest BCUT2D eigenvalue weighted by atomic mass is 16.5. The molecule has 0 N–H and O–H groups in total. The number of aromatic nitrogens is 2. The predicted molar refractivity (Wildman–Crippen MR) is 74.9 cm³/mol. The van der Waals surface area contributed by atoms with Crippen LogP contribution in [-0.2, 0) is 0 Å². The van der Waals surface area contributed by atoms with Crippen molar-refractivity contribution in [1.82, 2.24) is 9.97 Å². The topological polar surface area (TPSA) is 44.2 Å². The summed E-state index contributed by atoms with van der Waals surface area (Å²) in [5.41, 5.74) is 2.88. The van der Waals surface area contributed by atoms with Gasteiger partial charge in [0.15, 0.2) is 0 Å². The largest absolute Gasteiger partial charge is 0.495 e. The summed E-state index contributed by atoms with van der Waals surface area (Å²) in [6.07, 6.45) is 1.74. The van der Waals surface area contributed by atoms with E-state index >= 15 is 0 Å². The zero-order chi connectivity index (χ0) is 13.4. The van der Waals surface area contributed by atoms with E-state index in [0.717, 1.165) is 33.1 Å². The van der Waals surface area contributed by atoms with Crippen molar-refractivity contribution in [2.45, 2.75) is 6.92 Å². The zero-order valence-electron chi connectivity index (χ0n) is 11.1. The van der Waals surface area contributed by atoms with Crippen LogP contribution in [0.15, 0.2) is 30.5 Å². The van der Waals surface area contributed by atoms with E-state index in [-0.39, 0.29) is 0 Å². The Kier molecular flexibility index (Phi) is 2.71. The first-order valence-corrected chi connectivity index (χ1v) is 6.01. The minimum atomic E-state index is 0.608. The Bertz CT molecular complexity index is 769. The van der Waals surface area contributed by atoms with Crippen molar-refractivity contribution >= 4 is 21.8 Å². The molecule has 0 fully saturated rings. The van der Waals surface area contributed by atoms with Gasteiger partial charge in [-0.15, -0.1) is 0 Å².